The van der Waals surface area contributed by atoms with Crippen LogP contribution in [0.25, 0.3) is 10.9 Å². The van der Waals surface area contributed by atoms with Crippen LogP contribution in [-0.2, 0) is 14.9 Å². The smallest absolute Gasteiger partial charge is 0.267 e. The monoisotopic (exact) mass is 565 g/mol. The van der Waals surface area contributed by atoms with Gasteiger partial charge < -0.3 is 40.0 Å². The highest BCUT2D eigenvalue weighted by atomic mass is 32.2. The molecule has 0 spiro atoms. The van der Waals surface area contributed by atoms with Crippen molar-refractivity contribution in [2.45, 2.75) is 6.10 Å². The summed E-state index contributed by atoms with van der Waals surface area (Å²) in [5.74, 6) is 3.18. The number of para-hydroxylation sites is 2. The summed E-state index contributed by atoms with van der Waals surface area (Å²) in [4.78, 5) is 26.0. The van der Waals surface area contributed by atoms with Crippen molar-refractivity contribution in [2.75, 3.05) is 63.9 Å². The van der Waals surface area contributed by atoms with Gasteiger partial charge in [0.25, 0.3) is 16.0 Å². The first-order valence-electron chi connectivity index (χ1n) is 11.6. The highest BCUT2D eigenvalue weighted by Gasteiger charge is 2.33. The molecule has 0 bridgehead atoms. The summed E-state index contributed by atoms with van der Waals surface area (Å²) in [5, 5.41) is 0.694. The largest absolute Gasteiger partial charge is 0.493 e. The van der Waals surface area contributed by atoms with Gasteiger partial charge in [-0.15, -0.1) is 0 Å². The predicted octanol–water partition coefficient (Wildman–Crippen LogP) is 0.397. The third kappa shape index (κ3) is 7.07. The quantitative estimate of drug-likeness (QED) is 0.413. The summed E-state index contributed by atoms with van der Waals surface area (Å²) in [6.45, 7) is 2.40. The summed E-state index contributed by atoms with van der Waals surface area (Å²) in [6.07, 6.45) is 0.0639. The van der Waals surface area contributed by atoms with E-state index in [-0.39, 0.29) is 18.0 Å². The van der Waals surface area contributed by atoms with Crippen molar-refractivity contribution < 1.29 is 42.2 Å². The molecule has 1 aromatic heterocycles. The van der Waals surface area contributed by atoms with Gasteiger partial charge in [-0.25, -0.2) is 4.98 Å². The third-order valence-corrected chi connectivity index (χ3v) is 5.88. The number of amides is 1. The van der Waals surface area contributed by atoms with E-state index in [0.29, 0.717) is 78.1 Å². The van der Waals surface area contributed by atoms with Crippen molar-refractivity contribution in [1.29, 1.82) is 0 Å². The Kier molecular flexibility index (Phi) is 9.21. The highest BCUT2D eigenvalue weighted by Crippen LogP contribution is 2.34. The fourth-order valence-corrected chi connectivity index (χ4v) is 4.08. The van der Waals surface area contributed by atoms with Crippen LogP contribution >= 0.6 is 0 Å². The Labute approximate surface area is 225 Å². The van der Waals surface area contributed by atoms with Gasteiger partial charge in [0.1, 0.15) is 12.4 Å². The first-order valence-corrected chi connectivity index (χ1v) is 13.5. The van der Waals surface area contributed by atoms with Gasteiger partial charge in [0.15, 0.2) is 23.0 Å². The lowest BCUT2D eigenvalue weighted by Crippen LogP contribution is -2.54. The Hall–Kier alpha value is -4.08. The van der Waals surface area contributed by atoms with Gasteiger partial charge in [-0.1, -0.05) is 12.1 Å². The van der Waals surface area contributed by atoms with Crippen LogP contribution in [0.4, 0.5) is 11.8 Å². The molecule has 1 saturated heterocycles. The van der Waals surface area contributed by atoms with Crippen molar-refractivity contribution in [3.8, 4) is 23.0 Å². The van der Waals surface area contributed by atoms with Crippen LogP contribution in [0.1, 0.15) is 0 Å². The minimum Gasteiger partial charge on any atom is -0.493 e. The van der Waals surface area contributed by atoms with Crippen LogP contribution in [-0.4, -0.2) is 98.6 Å². The molecule has 15 heteroatoms. The Morgan fingerprint density at radius 2 is 1.64 bits per heavy atom. The van der Waals surface area contributed by atoms with Gasteiger partial charge in [0.05, 0.1) is 26.0 Å². The maximum Gasteiger partial charge on any atom is 0.267 e. The molecular formula is C24H31N5O9S. The molecule has 1 unspecified atom stereocenters. The summed E-state index contributed by atoms with van der Waals surface area (Å²) >= 11 is 0. The number of methoxy groups -OCH3 is 2. The summed E-state index contributed by atoms with van der Waals surface area (Å²) in [7, 11) is -0.524. The van der Waals surface area contributed by atoms with Crippen LogP contribution in [0, 0.1) is 0 Å². The molecule has 3 aromatic rings. The summed E-state index contributed by atoms with van der Waals surface area (Å²) < 4.78 is 48.2. The zero-order chi connectivity index (χ0) is 27.4. The minimum atomic E-state index is -3.67. The minimum absolute atomic E-state index is 0. The summed E-state index contributed by atoms with van der Waals surface area (Å²) in [6, 6.07) is 10.9. The topological polar surface area (TPSA) is 198 Å². The van der Waals surface area contributed by atoms with Crippen LogP contribution in [0.3, 0.4) is 0 Å². The van der Waals surface area contributed by atoms with E-state index in [1.165, 1.54) is 0 Å². The van der Waals surface area contributed by atoms with Gasteiger partial charge in [-0.2, -0.15) is 13.4 Å². The summed E-state index contributed by atoms with van der Waals surface area (Å²) in [5.41, 5.74) is 6.89. The van der Waals surface area contributed by atoms with Gasteiger partial charge >= 0.3 is 0 Å². The molecular weight excluding hydrogens is 534 g/mol. The van der Waals surface area contributed by atoms with Crippen molar-refractivity contribution in [1.82, 2.24) is 14.9 Å². The molecule has 0 radical (unpaired) electrons. The van der Waals surface area contributed by atoms with E-state index in [1.54, 1.807) is 37.3 Å². The second-order valence-corrected chi connectivity index (χ2v) is 10.0. The van der Waals surface area contributed by atoms with Crippen LogP contribution in [0.15, 0.2) is 36.4 Å². The third-order valence-electron chi connectivity index (χ3n) is 5.88. The molecule has 5 rings (SSSR count). The molecule has 14 nitrogen and oxygen atoms in total. The van der Waals surface area contributed by atoms with Crippen molar-refractivity contribution >= 4 is 38.7 Å². The van der Waals surface area contributed by atoms with E-state index in [0.717, 1.165) is 0 Å². The molecule has 1 fully saturated rings. The molecule has 212 valence electrons. The number of nitrogens with two attached hydrogens (primary N) is 1. The number of carbonyl (C=O) groups is 1. The number of ether oxygens (including phenoxy) is 4. The zero-order valence-electron chi connectivity index (χ0n) is 21.7. The Morgan fingerprint density at radius 1 is 1.05 bits per heavy atom. The Bertz CT molecular complexity index is 1420. The normalized spacial score (nSPS) is 16.5. The molecule has 39 heavy (non-hydrogen) atoms. The van der Waals surface area contributed by atoms with Crippen LogP contribution < -0.4 is 29.6 Å². The van der Waals surface area contributed by atoms with Crippen LogP contribution in [0.2, 0.25) is 0 Å². The lowest BCUT2D eigenvalue weighted by molar-refractivity contribution is -0.141. The second kappa shape index (κ2) is 12.2. The lowest BCUT2D eigenvalue weighted by atomic mass is 10.2. The SMILES string of the molecule is COc1cc2nc(N3CCN(C(=O)C4COc5ccccc5O4)CC3)nc(N)c2cc1OC.CS(=O)(=O)O.O. The van der Waals surface area contributed by atoms with Crippen LogP contribution in [0.5, 0.6) is 23.0 Å². The molecule has 2 aliphatic heterocycles. The Balaban J connectivity index is 0.000000644. The van der Waals surface area contributed by atoms with Gasteiger partial charge in [0, 0.05) is 37.6 Å². The molecule has 1 atom stereocenters. The number of nitrogens with zero attached hydrogens (tertiary/aromatic N) is 4. The van der Waals surface area contributed by atoms with Crippen molar-refractivity contribution in [3.63, 3.8) is 0 Å². The average Bonchev–Trinajstić information content (AvgIpc) is 2.90. The number of aromatic nitrogens is 2. The van der Waals surface area contributed by atoms with E-state index < -0.39 is 16.2 Å². The molecule has 5 N–H and O–H groups in total. The first-order chi connectivity index (χ1) is 18.1. The molecule has 2 aliphatic rings. The maximum atomic E-state index is 13.0. The number of piperazine rings is 1. The van der Waals surface area contributed by atoms with E-state index >= 15 is 0 Å². The van der Waals surface area contributed by atoms with E-state index in [4.69, 9.17) is 29.2 Å². The number of carbonyl (C=O) groups excluding carboxylic acids is 1. The van der Waals surface area contributed by atoms with Crippen molar-refractivity contribution in [3.05, 3.63) is 36.4 Å². The molecule has 2 aromatic carbocycles. The Morgan fingerprint density at radius 3 is 2.26 bits per heavy atom. The number of fused-ring (bicyclic) bond motifs is 2. The fourth-order valence-electron chi connectivity index (χ4n) is 4.08. The zero-order valence-corrected chi connectivity index (χ0v) is 22.5. The number of benzene rings is 2. The standard InChI is InChI=1S/C23H25N5O5.CH4O3S.H2O/c1-30-18-11-14-15(12-19(18)31-2)25-23(26-21(14)24)28-9-7-27(8-10-28)22(29)20-13-32-16-5-3-4-6-17(16)33-20;1-5(2,3)4;/h3-6,11-12,20H,7-10,13H2,1-2H3,(H2,24,25,26);1H3,(H,2,3,4);1H2. The number of hydrogen-bond acceptors (Lipinski definition) is 11. The number of anilines is 2. The molecule has 1 amide bonds. The molecule has 3 heterocycles. The predicted molar refractivity (Wildman–Crippen MR) is 143 cm³/mol. The van der Waals surface area contributed by atoms with Gasteiger partial charge in [-0.3, -0.25) is 9.35 Å². The fraction of sp³-hybridized carbons (Fsp3) is 0.375. The number of nitrogen functional groups attached to an aromatic ring is 1. The second-order valence-electron chi connectivity index (χ2n) is 8.54. The van der Waals surface area contributed by atoms with Gasteiger partial charge in [-0.05, 0) is 18.2 Å². The van der Waals surface area contributed by atoms with E-state index in [9.17, 15) is 13.2 Å². The highest BCUT2D eigenvalue weighted by molar-refractivity contribution is 7.85. The number of rotatable bonds is 4. The molecule has 0 saturated carbocycles. The average molecular weight is 566 g/mol. The lowest BCUT2D eigenvalue weighted by Gasteiger charge is -2.37. The maximum absolute atomic E-state index is 13.0. The molecule has 0 aliphatic carbocycles. The van der Waals surface area contributed by atoms with Gasteiger partial charge in [0.2, 0.25) is 12.1 Å². The van der Waals surface area contributed by atoms with Crippen molar-refractivity contribution in [2.24, 2.45) is 0 Å². The van der Waals surface area contributed by atoms with E-state index in [1.807, 2.05) is 23.1 Å². The first kappa shape index (κ1) is 29.5. The van der Waals surface area contributed by atoms with E-state index in [2.05, 4.69) is 9.97 Å². The number of hydrogen-bond donors (Lipinski definition) is 2.